The predicted molar refractivity (Wildman–Crippen MR) is 274 cm³/mol. The average molecular weight is 830 g/mol. The topological polar surface area (TPSA) is 12.6 Å². The van der Waals surface area contributed by atoms with Crippen LogP contribution in [0.5, 0.6) is 0 Å². The zero-order valence-electron chi connectivity index (χ0n) is 36.0. The van der Waals surface area contributed by atoms with Crippen LogP contribution in [-0.2, 0) is 11.8 Å². The largest absolute Gasteiger partial charge is 0.310 e. The number of rotatable bonds is 6. The van der Waals surface area contributed by atoms with Crippen LogP contribution >= 0.6 is 0 Å². The van der Waals surface area contributed by atoms with Gasteiger partial charge in [0, 0.05) is 54.8 Å². The summed E-state index contributed by atoms with van der Waals surface area (Å²) in [6.45, 7) is 2.40. The summed E-state index contributed by atoms with van der Waals surface area (Å²) >= 11 is 0. The number of allylic oxidation sites excluding steroid dienone is 4. The molecule has 0 aliphatic heterocycles. The summed E-state index contributed by atoms with van der Waals surface area (Å²) in [4.78, 5) is 2.47. The van der Waals surface area contributed by atoms with Crippen LogP contribution in [0.1, 0.15) is 18.1 Å². The van der Waals surface area contributed by atoms with Gasteiger partial charge in [0.1, 0.15) is 0 Å². The summed E-state index contributed by atoms with van der Waals surface area (Å²) in [5.41, 5.74) is 18.5. The Labute approximate surface area is 377 Å². The lowest BCUT2D eigenvalue weighted by Crippen LogP contribution is -2.25. The number of fused-ring (bicyclic) bond motifs is 12. The Morgan fingerprint density at radius 2 is 1.06 bits per heavy atom. The van der Waals surface area contributed by atoms with E-state index in [1.165, 1.54) is 99.0 Å². The molecule has 2 atom stereocenters. The van der Waals surface area contributed by atoms with E-state index >= 15 is 0 Å². The molecule has 9 aromatic carbocycles. The van der Waals surface area contributed by atoms with Gasteiger partial charge in [-0.2, -0.15) is 0 Å². The van der Waals surface area contributed by atoms with E-state index in [1.807, 2.05) is 0 Å². The van der Waals surface area contributed by atoms with Crippen molar-refractivity contribution in [3.63, 3.8) is 0 Å². The van der Waals surface area contributed by atoms with Crippen LogP contribution in [0.25, 0.3) is 87.8 Å². The van der Waals surface area contributed by atoms with E-state index in [-0.39, 0.29) is 5.41 Å². The Bertz CT molecular complexity index is 3920. The van der Waals surface area contributed by atoms with Gasteiger partial charge in [0.05, 0.1) is 33.3 Å². The van der Waals surface area contributed by atoms with Crippen molar-refractivity contribution in [2.75, 3.05) is 4.90 Å². The average Bonchev–Trinajstić information content (AvgIpc) is 4.09. The van der Waals surface area contributed by atoms with Gasteiger partial charge in [-0.1, -0.05) is 153 Å². The fraction of sp³-hybridized carbons (Fsp3) is 0.0645. The fourth-order valence-electron chi connectivity index (χ4n) is 11.7. The van der Waals surface area contributed by atoms with Gasteiger partial charge in [-0.05, 0) is 125 Å². The van der Waals surface area contributed by atoms with E-state index in [2.05, 4.69) is 245 Å². The molecule has 0 N–H and O–H groups in total. The third-order valence-corrected chi connectivity index (χ3v) is 14.9. The number of nitrogens with zero attached hydrogens (tertiary/aromatic N) is 3. The van der Waals surface area contributed by atoms with Gasteiger partial charge in [0.2, 0.25) is 0 Å². The Balaban J connectivity index is 0.920. The van der Waals surface area contributed by atoms with E-state index < -0.39 is 0 Å². The molecule has 3 aromatic heterocycles. The standard InChI is InChI=1S/C62H43N3/c1-62-36-12-11-13-45(62)37-44-23-22-43(39-54(44)62)41-26-31-48(32-27-41)63(59-35-33-51-49-16-5-9-20-56(49)65-57-21-10-7-18-52(57)60(59)61(51)65)47-29-24-40(25-30-47)42-28-34-58-53(38-42)50-17-6-8-19-55(50)64(58)46-14-3-2-4-15-46/h2-36,38-39,45H,37H2,1H3. The molecule has 2 aliphatic carbocycles. The summed E-state index contributed by atoms with van der Waals surface area (Å²) < 4.78 is 4.86. The molecule has 0 saturated heterocycles. The minimum absolute atomic E-state index is 0.0376. The van der Waals surface area contributed by atoms with Crippen LogP contribution in [-0.4, -0.2) is 8.97 Å². The van der Waals surface area contributed by atoms with Crippen molar-refractivity contribution >= 4 is 77.0 Å². The molecule has 0 fully saturated rings. The van der Waals surface area contributed by atoms with Gasteiger partial charge in [0.15, 0.2) is 0 Å². The molecule has 65 heavy (non-hydrogen) atoms. The van der Waals surface area contributed by atoms with Crippen molar-refractivity contribution < 1.29 is 0 Å². The highest BCUT2D eigenvalue weighted by atomic mass is 15.1. The van der Waals surface area contributed by atoms with E-state index in [0.717, 1.165) is 23.5 Å². The molecule has 3 nitrogen and oxygen atoms in total. The van der Waals surface area contributed by atoms with Gasteiger partial charge in [-0.3, -0.25) is 0 Å². The summed E-state index contributed by atoms with van der Waals surface area (Å²) in [6, 6.07) is 74.4. The van der Waals surface area contributed by atoms with Crippen LogP contribution < -0.4 is 4.90 Å². The first-order chi connectivity index (χ1) is 32.1. The highest BCUT2D eigenvalue weighted by molar-refractivity contribution is 6.27. The molecule has 14 rings (SSSR count). The molecule has 0 radical (unpaired) electrons. The molecule has 0 saturated carbocycles. The van der Waals surface area contributed by atoms with Crippen LogP contribution in [0.4, 0.5) is 17.1 Å². The number of para-hydroxylation sites is 4. The summed E-state index contributed by atoms with van der Waals surface area (Å²) in [7, 11) is 0. The van der Waals surface area contributed by atoms with Crippen molar-refractivity contribution in [3.8, 4) is 27.9 Å². The Kier molecular flexibility index (Phi) is 7.65. The number of hydrogen-bond acceptors (Lipinski definition) is 1. The Morgan fingerprint density at radius 3 is 1.80 bits per heavy atom. The fourth-order valence-corrected chi connectivity index (χ4v) is 11.7. The quantitative estimate of drug-likeness (QED) is 0.163. The van der Waals surface area contributed by atoms with Crippen molar-refractivity contribution in [2.24, 2.45) is 5.92 Å². The molecule has 3 heterocycles. The lowest BCUT2D eigenvalue weighted by molar-refractivity contribution is 0.466. The third-order valence-electron chi connectivity index (χ3n) is 14.9. The normalized spacial score (nSPS) is 16.7. The van der Waals surface area contributed by atoms with Gasteiger partial charge < -0.3 is 13.9 Å². The number of aromatic nitrogens is 2. The SMILES string of the molecule is CC12C=CC=CC1Cc1ccc(-c3ccc(N(c4ccc(-c5ccc6c(c5)c5ccccc5n6-c5ccccc5)cc4)c4ccc5c6ccccc6n6c7ccccc7c4c56)cc3)cc12. The van der Waals surface area contributed by atoms with Crippen molar-refractivity contribution in [2.45, 2.75) is 18.8 Å². The highest BCUT2D eigenvalue weighted by Crippen LogP contribution is 2.50. The second-order valence-corrected chi connectivity index (χ2v) is 18.3. The van der Waals surface area contributed by atoms with Crippen LogP contribution in [0.2, 0.25) is 0 Å². The first-order valence-electron chi connectivity index (χ1n) is 22.9. The van der Waals surface area contributed by atoms with E-state index in [0.29, 0.717) is 5.92 Å². The lowest BCUT2D eigenvalue weighted by atomic mass is 9.74. The number of benzene rings is 9. The molecule has 306 valence electrons. The highest BCUT2D eigenvalue weighted by Gasteiger charge is 2.40. The van der Waals surface area contributed by atoms with Gasteiger partial charge in [0.25, 0.3) is 0 Å². The van der Waals surface area contributed by atoms with E-state index in [1.54, 1.807) is 0 Å². The zero-order chi connectivity index (χ0) is 42.8. The molecule has 0 spiro atoms. The molecule has 2 aliphatic rings. The molecular formula is C62H43N3. The smallest absolute Gasteiger partial charge is 0.0641 e. The maximum absolute atomic E-state index is 2.48. The lowest BCUT2D eigenvalue weighted by Gasteiger charge is -2.30. The molecular weight excluding hydrogens is 787 g/mol. The minimum Gasteiger partial charge on any atom is -0.310 e. The molecule has 0 bridgehead atoms. The second-order valence-electron chi connectivity index (χ2n) is 18.3. The van der Waals surface area contributed by atoms with Crippen molar-refractivity contribution in [1.29, 1.82) is 0 Å². The molecule has 0 amide bonds. The molecule has 3 heteroatoms. The van der Waals surface area contributed by atoms with Crippen molar-refractivity contribution in [3.05, 3.63) is 236 Å². The Morgan fingerprint density at radius 1 is 0.477 bits per heavy atom. The van der Waals surface area contributed by atoms with Gasteiger partial charge >= 0.3 is 0 Å². The summed E-state index contributed by atoms with van der Waals surface area (Å²) in [5.74, 6) is 0.516. The zero-order valence-corrected chi connectivity index (χ0v) is 36.0. The van der Waals surface area contributed by atoms with Gasteiger partial charge in [-0.15, -0.1) is 0 Å². The van der Waals surface area contributed by atoms with Crippen molar-refractivity contribution in [1.82, 2.24) is 8.97 Å². The monoisotopic (exact) mass is 829 g/mol. The van der Waals surface area contributed by atoms with Crippen LogP contribution in [0.15, 0.2) is 224 Å². The summed E-state index contributed by atoms with van der Waals surface area (Å²) in [6.07, 6.45) is 10.3. The molecule has 2 unspecified atom stereocenters. The van der Waals surface area contributed by atoms with E-state index in [9.17, 15) is 0 Å². The van der Waals surface area contributed by atoms with Crippen LogP contribution in [0.3, 0.4) is 0 Å². The Hall–Kier alpha value is -8.14. The van der Waals surface area contributed by atoms with Crippen LogP contribution in [0, 0.1) is 5.92 Å². The van der Waals surface area contributed by atoms with E-state index in [4.69, 9.17) is 0 Å². The second kappa shape index (κ2) is 13.7. The molecule has 12 aromatic rings. The predicted octanol–water partition coefficient (Wildman–Crippen LogP) is 16.3. The first kappa shape index (κ1) is 36.4. The number of anilines is 3. The maximum Gasteiger partial charge on any atom is 0.0641 e. The van der Waals surface area contributed by atoms with Gasteiger partial charge in [-0.25, -0.2) is 0 Å². The third kappa shape index (κ3) is 5.24. The summed E-state index contributed by atoms with van der Waals surface area (Å²) in [5, 5.41) is 7.59. The number of hydrogen-bond donors (Lipinski definition) is 0. The first-order valence-corrected chi connectivity index (χ1v) is 22.9. The maximum atomic E-state index is 2.48. The minimum atomic E-state index is 0.0376.